The van der Waals surface area contributed by atoms with Crippen molar-refractivity contribution >= 4 is 11.8 Å². The quantitative estimate of drug-likeness (QED) is 0.533. The summed E-state index contributed by atoms with van der Waals surface area (Å²) in [5, 5.41) is 0. The Morgan fingerprint density at radius 3 is 2.35 bits per heavy atom. The summed E-state index contributed by atoms with van der Waals surface area (Å²) in [5.74, 6) is -1.59. The van der Waals surface area contributed by atoms with Crippen molar-refractivity contribution in [1.82, 2.24) is 14.7 Å². The summed E-state index contributed by atoms with van der Waals surface area (Å²) < 4.78 is 33.0. The van der Waals surface area contributed by atoms with E-state index in [9.17, 15) is 18.4 Å². The van der Waals surface area contributed by atoms with Gasteiger partial charge in [-0.25, -0.2) is 8.78 Å². The molecule has 1 saturated carbocycles. The van der Waals surface area contributed by atoms with Crippen molar-refractivity contribution in [1.29, 1.82) is 0 Å². The monoisotopic (exact) mass is 511 g/mol. The van der Waals surface area contributed by atoms with Crippen LogP contribution in [0.1, 0.15) is 55.5 Å². The van der Waals surface area contributed by atoms with Crippen molar-refractivity contribution in [3.05, 3.63) is 59.2 Å². The van der Waals surface area contributed by atoms with Gasteiger partial charge in [0.25, 0.3) is 5.91 Å². The lowest BCUT2D eigenvalue weighted by molar-refractivity contribution is -0.139. The van der Waals surface area contributed by atoms with E-state index < -0.39 is 17.7 Å². The first kappa shape index (κ1) is 25.6. The summed E-state index contributed by atoms with van der Waals surface area (Å²) in [6, 6.07) is 8.84. The molecular formula is C29H35F2N3O3. The number of amides is 2. The Bertz CT molecular complexity index is 1170. The van der Waals surface area contributed by atoms with Crippen LogP contribution in [0.15, 0.2) is 36.4 Å². The smallest absolute Gasteiger partial charge is 0.254 e. The summed E-state index contributed by atoms with van der Waals surface area (Å²) in [7, 11) is 2.20. The molecule has 5 rings (SSSR count). The number of hydrogen-bond donors (Lipinski definition) is 0. The molecule has 2 aromatic carbocycles. The van der Waals surface area contributed by atoms with Crippen molar-refractivity contribution < 1.29 is 23.1 Å². The molecule has 2 aromatic rings. The van der Waals surface area contributed by atoms with Crippen LogP contribution in [-0.2, 0) is 11.2 Å². The predicted molar refractivity (Wildman–Crippen MR) is 137 cm³/mol. The first-order valence-electron chi connectivity index (χ1n) is 13.3. The van der Waals surface area contributed by atoms with Gasteiger partial charge in [-0.3, -0.25) is 9.59 Å². The molecule has 0 bridgehead atoms. The van der Waals surface area contributed by atoms with Crippen LogP contribution in [0.3, 0.4) is 0 Å². The molecule has 1 aliphatic carbocycles. The fourth-order valence-electron chi connectivity index (χ4n) is 5.72. The van der Waals surface area contributed by atoms with Gasteiger partial charge in [0.2, 0.25) is 5.91 Å². The van der Waals surface area contributed by atoms with Crippen LogP contribution in [0.2, 0.25) is 0 Å². The molecule has 8 heteroatoms. The standard InChI is InChI=1S/C29H35F2N3O3/c1-18(2)27(29(36)33-13-11-22(12-14-33)32(3)21-6-7-21)34-15-10-19-4-8-23(17-24(19)28(34)35)37-26-9-5-20(30)16-25(26)31/h4-5,8-9,16-18,21-22,27H,6-7,10-15H2,1-3H3. The molecule has 0 radical (unpaired) electrons. The van der Waals surface area contributed by atoms with Gasteiger partial charge in [0, 0.05) is 43.3 Å². The average Bonchev–Trinajstić information content (AvgIpc) is 3.73. The number of likely N-dealkylation sites (tertiary alicyclic amines) is 1. The van der Waals surface area contributed by atoms with Gasteiger partial charge in [-0.1, -0.05) is 19.9 Å². The lowest BCUT2D eigenvalue weighted by Gasteiger charge is -2.42. The second-order valence-electron chi connectivity index (χ2n) is 10.9. The number of piperidine rings is 1. The highest BCUT2D eigenvalue weighted by atomic mass is 19.1. The highest BCUT2D eigenvalue weighted by Gasteiger charge is 2.40. The molecule has 1 saturated heterocycles. The summed E-state index contributed by atoms with van der Waals surface area (Å²) in [5.41, 5.74) is 1.32. The molecular weight excluding hydrogens is 476 g/mol. The minimum absolute atomic E-state index is 0.0140. The van der Waals surface area contributed by atoms with Gasteiger partial charge in [-0.2, -0.15) is 0 Å². The minimum Gasteiger partial charge on any atom is -0.454 e. The molecule has 37 heavy (non-hydrogen) atoms. The molecule has 3 aliphatic rings. The van der Waals surface area contributed by atoms with Crippen molar-refractivity contribution in [2.75, 3.05) is 26.7 Å². The van der Waals surface area contributed by atoms with Gasteiger partial charge < -0.3 is 19.4 Å². The lowest BCUT2D eigenvalue weighted by atomic mass is 9.92. The third-order valence-electron chi connectivity index (χ3n) is 8.01. The molecule has 0 spiro atoms. The number of carbonyl (C=O) groups excluding carboxylic acids is 2. The molecule has 1 unspecified atom stereocenters. The van der Waals surface area contributed by atoms with Crippen LogP contribution in [0.25, 0.3) is 0 Å². The van der Waals surface area contributed by atoms with E-state index in [4.69, 9.17) is 4.74 Å². The van der Waals surface area contributed by atoms with Crippen molar-refractivity contribution in [3.8, 4) is 11.5 Å². The third kappa shape index (κ3) is 5.35. The van der Waals surface area contributed by atoms with Gasteiger partial charge in [-0.15, -0.1) is 0 Å². The van der Waals surface area contributed by atoms with Gasteiger partial charge in [0.15, 0.2) is 11.6 Å². The first-order chi connectivity index (χ1) is 17.7. The minimum atomic E-state index is -0.816. The number of carbonyl (C=O) groups is 2. The molecule has 6 nitrogen and oxygen atoms in total. The second kappa shape index (κ2) is 10.4. The topological polar surface area (TPSA) is 53.1 Å². The normalized spacial score (nSPS) is 19.4. The maximum absolute atomic E-state index is 14.1. The van der Waals surface area contributed by atoms with Crippen molar-refractivity contribution in [2.45, 2.75) is 64.1 Å². The van der Waals surface area contributed by atoms with E-state index >= 15 is 0 Å². The third-order valence-corrected chi connectivity index (χ3v) is 8.01. The van der Waals surface area contributed by atoms with E-state index in [-0.39, 0.29) is 29.2 Å². The number of rotatable bonds is 7. The van der Waals surface area contributed by atoms with E-state index in [2.05, 4.69) is 11.9 Å². The zero-order chi connectivity index (χ0) is 26.3. The fraction of sp³-hybridized carbons (Fsp3) is 0.517. The number of hydrogen-bond acceptors (Lipinski definition) is 4. The summed E-state index contributed by atoms with van der Waals surface area (Å²) in [6.07, 6.45) is 5.09. The Labute approximate surface area is 217 Å². The number of nitrogens with zero attached hydrogens (tertiary/aromatic N) is 3. The molecule has 198 valence electrons. The van der Waals surface area contributed by atoms with E-state index in [1.165, 1.54) is 18.9 Å². The number of fused-ring (bicyclic) bond motifs is 1. The molecule has 2 heterocycles. The van der Waals surface area contributed by atoms with E-state index in [1.54, 1.807) is 23.1 Å². The summed E-state index contributed by atoms with van der Waals surface area (Å²) in [6.45, 7) is 5.85. The van der Waals surface area contributed by atoms with Crippen LogP contribution in [0.4, 0.5) is 8.78 Å². The Morgan fingerprint density at radius 2 is 1.70 bits per heavy atom. The van der Waals surface area contributed by atoms with Crippen LogP contribution in [0.5, 0.6) is 11.5 Å². The van der Waals surface area contributed by atoms with Crippen LogP contribution >= 0.6 is 0 Å². The molecule has 2 fully saturated rings. The van der Waals surface area contributed by atoms with Gasteiger partial charge in [-0.05, 0) is 74.9 Å². The number of halogens is 2. The fourth-order valence-corrected chi connectivity index (χ4v) is 5.72. The molecule has 2 aliphatic heterocycles. The summed E-state index contributed by atoms with van der Waals surface area (Å²) >= 11 is 0. The van der Waals surface area contributed by atoms with Gasteiger partial charge >= 0.3 is 0 Å². The second-order valence-corrected chi connectivity index (χ2v) is 10.9. The first-order valence-corrected chi connectivity index (χ1v) is 13.3. The Hall–Kier alpha value is -3.00. The largest absolute Gasteiger partial charge is 0.454 e. The predicted octanol–water partition coefficient (Wildman–Crippen LogP) is 4.87. The van der Waals surface area contributed by atoms with Crippen LogP contribution in [0, 0.1) is 17.6 Å². The maximum atomic E-state index is 14.1. The molecule has 0 aromatic heterocycles. The SMILES string of the molecule is CC(C)C(C(=O)N1CCC(N(C)C2CC2)CC1)N1CCc2ccc(Oc3ccc(F)cc3F)cc2C1=O. The lowest BCUT2D eigenvalue weighted by Crippen LogP contribution is -2.57. The number of ether oxygens (including phenoxy) is 1. The van der Waals surface area contributed by atoms with Crippen LogP contribution in [-0.4, -0.2) is 71.3 Å². The van der Waals surface area contributed by atoms with Crippen LogP contribution < -0.4 is 4.74 Å². The van der Waals surface area contributed by atoms with Gasteiger partial charge in [0.05, 0.1) is 0 Å². The van der Waals surface area contributed by atoms with E-state index in [0.717, 1.165) is 30.5 Å². The van der Waals surface area contributed by atoms with Crippen molar-refractivity contribution in [3.63, 3.8) is 0 Å². The molecule has 2 amide bonds. The van der Waals surface area contributed by atoms with E-state index in [1.807, 2.05) is 18.7 Å². The molecule has 1 atom stereocenters. The van der Waals surface area contributed by atoms with E-state index in [0.29, 0.717) is 43.7 Å². The maximum Gasteiger partial charge on any atom is 0.254 e. The summed E-state index contributed by atoms with van der Waals surface area (Å²) in [4.78, 5) is 33.5. The highest BCUT2D eigenvalue weighted by Crippen LogP contribution is 2.33. The zero-order valence-corrected chi connectivity index (χ0v) is 21.8. The highest BCUT2D eigenvalue weighted by molar-refractivity contribution is 6.00. The number of benzene rings is 2. The van der Waals surface area contributed by atoms with Gasteiger partial charge in [0.1, 0.15) is 17.6 Å². The Kier molecular flexibility index (Phi) is 7.21. The zero-order valence-electron chi connectivity index (χ0n) is 21.8. The van der Waals surface area contributed by atoms with Crippen molar-refractivity contribution in [2.24, 2.45) is 5.92 Å². The Balaban J connectivity index is 1.30. The molecule has 0 N–H and O–H groups in total. The average molecular weight is 512 g/mol. The Morgan fingerprint density at radius 1 is 1.00 bits per heavy atom.